The molecular formula is C14H18N2O. The van der Waals surface area contributed by atoms with Crippen LogP contribution in [0.4, 0.5) is 5.69 Å². The monoisotopic (exact) mass is 230 g/mol. The molecule has 0 spiro atoms. The summed E-state index contributed by atoms with van der Waals surface area (Å²) in [6.07, 6.45) is 0. The van der Waals surface area contributed by atoms with E-state index in [1.54, 1.807) is 13.0 Å². The molecule has 2 N–H and O–H groups in total. The molecular weight excluding hydrogens is 212 g/mol. The van der Waals surface area contributed by atoms with Crippen LogP contribution in [0.25, 0.3) is 0 Å². The zero-order valence-electron chi connectivity index (χ0n) is 10.5. The second-order valence-electron chi connectivity index (χ2n) is 3.95. The molecule has 0 saturated carbocycles. The van der Waals surface area contributed by atoms with Crippen molar-refractivity contribution in [1.29, 1.82) is 0 Å². The van der Waals surface area contributed by atoms with E-state index < -0.39 is 0 Å². The van der Waals surface area contributed by atoms with Crippen LogP contribution in [0, 0.1) is 11.8 Å². The van der Waals surface area contributed by atoms with Gasteiger partial charge in [0.2, 0.25) is 0 Å². The molecule has 1 amide bonds. The van der Waals surface area contributed by atoms with Crippen molar-refractivity contribution >= 4 is 11.6 Å². The summed E-state index contributed by atoms with van der Waals surface area (Å²) < 4.78 is 0. The van der Waals surface area contributed by atoms with Crippen molar-refractivity contribution in [2.75, 3.05) is 11.9 Å². The fourth-order valence-electron chi connectivity index (χ4n) is 1.43. The number of hydrogen-bond donors (Lipinski definition) is 2. The fraction of sp³-hybridized carbons (Fsp3) is 0.357. The fourth-order valence-corrected chi connectivity index (χ4v) is 1.43. The Labute approximate surface area is 103 Å². The SMILES string of the molecule is CC#CCNC(=O)c1ccccc1NC(C)C. The number of nitrogens with one attached hydrogen (secondary N) is 2. The Hall–Kier alpha value is -1.95. The minimum absolute atomic E-state index is 0.100. The Morgan fingerprint density at radius 1 is 1.35 bits per heavy atom. The summed E-state index contributed by atoms with van der Waals surface area (Å²) in [7, 11) is 0. The molecule has 0 aromatic heterocycles. The highest BCUT2D eigenvalue weighted by molar-refractivity contribution is 5.99. The number of anilines is 1. The lowest BCUT2D eigenvalue weighted by molar-refractivity contribution is 0.0959. The lowest BCUT2D eigenvalue weighted by Gasteiger charge is -2.13. The third kappa shape index (κ3) is 4.20. The van der Waals surface area contributed by atoms with Crippen molar-refractivity contribution in [3.05, 3.63) is 29.8 Å². The Morgan fingerprint density at radius 2 is 2.06 bits per heavy atom. The van der Waals surface area contributed by atoms with Crippen LogP contribution in [0.1, 0.15) is 31.1 Å². The summed E-state index contributed by atoms with van der Waals surface area (Å²) in [5.41, 5.74) is 1.50. The maximum Gasteiger partial charge on any atom is 0.254 e. The maximum absolute atomic E-state index is 11.9. The first-order valence-electron chi connectivity index (χ1n) is 5.68. The molecule has 1 aromatic rings. The van der Waals surface area contributed by atoms with Gasteiger partial charge in [0.15, 0.2) is 0 Å². The minimum Gasteiger partial charge on any atom is -0.382 e. The standard InChI is InChI=1S/C14H18N2O/c1-4-5-10-15-14(17)12-8-6-7-9-13(12)16-11(2)3/h6-9,11,16H,10H2,1-3H3,(H,15,17). The lowest BCUT2D eigenvalue weighted by Crippen LogP contribution is -2.25. The van der Waals surface area contributed by atoms with E-state index in [4.69, 9.17) is 0 Å². The summed E-state index contributed by atoms with van der Waals surface area (Å²) in [5, 5.41) is 6.01. The summed E-state index contributed by atoms with van der Waals surface area (Å²) >= 11 is 0. The van der Waals surface area contributed by atoms with Gasteiger partial charge in [0.25, 0.3) is 5.91 Å². The highest BCUT2D eigenvalue weighted by atomic mass is 16.1. The molecule has 0 heterocycles. The van der Waals surface area contributed by atoms with E-state index in [9.17, 15) is 4.79 Å². The summed E-state index contributed by atoms with van der Waals surface area (Å²) in [5.74, 6) is 5.45. The van der Waals surface area contributed by atoms with Crippen LogP contribution < -0.4 is 10.6 Å². The third-order valence-electron chi connectivity index (χ3n) is 2.13. The van der Waals surface area contributed by atoms with Crippen LogP contribution in [0.2, 0.25) is 0 Å². The summed E-state index contributed by atoms with van der Waals surface area (Å²) in [4.78, 5) is 11.9. The molecule has 0 aliphatic heterocycles. The van der Waals surface area contributed by atoms with Gasteiger partial charge in [0.1, 0.15) is 0 Å². The predicted octanol–water partition coefficient (Wildman–Crippen LogP) is 2.26. The first-order chi connectivity index (χ1) is 8.15. The maximum atomic E-state index is 11.9. The van der Waals surface area contributed by atoms with Crippen molar-refractivity contribution in [3.8, 4) is 11.8 Å². The van der Waals surface area contributed by atoms with Gasteiger partial charge in [-0.1, -0.05) is 18.1 Å². The van der Waals surface area contributed by atoms with E-state index in [0.717, 1.165) is 5.69 Å². The smallest absolute Gasteiger partial charge is 0.254 e. The zero-order valence-corrected chi connectivity index (χ0v) is 10.5. The van der Waals surface area contributed by atoms with Crippen LogP contribution >= 0.6 is 0 Å². The first kappa shape index (κ1) is 13.1. The number of hydrogen-bond acceptors (Lipinski definition) is 2. The number of amides is 1. The van der Waals surface area contributed by atoms with Gasteiger partial charge in [-0.3, -0.25) is 4.79 Å². The van der Waals surface area contributed by atoms with Gasteiger partial charge in [0.05, 0.1) is 12.1 Å². The van der Waals surface area contributed by atoms with Gasteiger partial charge in [-0.15, -0.1) is 5.92 Å². The van der Waals surface area contributed by atoms with Crippen molar-refractivity contribution in [1.82, 2.24) is 5.32 Å². The molecule has 0 aliphatic rings. The Kier molecular flexibility index (Phi) is 5.09. The Morgan fingerprint density at radius 3 is 2.71 bits per heavy atom. The van der Waals surface area contributed by atoms with Crippen LogP contribution in [0.5, 0.6) is 0 Å². The molecule has 0 saturated heterocycles. The Balaban J connectivity index is 2.80. The van der Waals surface area contributed by atoms with Gasteiger partial charge in [-0.05, 0) is 32.9 Å². The molecule has 1 rings (SSSR count). The third-order valence-corrected chi connectivity index (χ3v) is 2.13. The lowest BCUT2D eigenvalue weighted by atomic mass is 10.1. The molecule has 0 fully saturated rings. The molecule has 0 radical (unpaired) electrons. The van der Waals surface area contributed by atoms with Crippen molar-refractivity contribution < 1.29 is 4.79 Å². The molecule has 0 unspecified atom stereocenters. The highest BCUT2D eigenvalue weighted by Gasteiger charge is 2.10. The molecule has 0 aliphatic carbocycles. The van der Waals surface area contributed by atoms with Crippen molar-refractivity contribution in [2.24, 2.45) is 0 Å². The quantitative estimate of drug-likeness (QED) is 0.779. The van der Waals surface area contributed by atoms with Gasteiger partial charge in [0, 0.05) is 11.7 Å². The summed E-state index contributed by atoms with van der Waals surface area (Å²) in [6, 6.07) is 7.76. The molecule has 0 bridgehead atoms. The van der Waals surface area contributed by atoms with E-state index in [1.165, 1.54) is 0 Å². The number of benzene rings is 1. The normalized spacial score (nSPS) is 9.41. The van der Waals surface area contributed by atoms with Crippen LogP contribution in [-0.2, 0) is 0 Å². The molecule has 0 atom stereocenters. The highest BCUT2D eigenvalue weighted by Crippen LogP contribution is 2.15. The van der Waals surface area contributed by atoms with E-state index in [1.807, 2.05) is 32.0 Å². The number of carbonyl (C=O) groups is 1. The zero-order chi connectivity index (χ0) is 12.7. The van der Waals surface area contributed by atoms with Crippen molar-refractivity contribution in [2.45, 2.75) is 26.8 Å². The van der Waals surface area contributed by atoms with Gasteiger partial charge in [-0.25, -0.2) is 0 Å². The average molecular weight is 230 g/mol. The topological polar surface area (TPSA) is 41.1 Å². The minimum atomic E-state index is -0.100. The van der Waals surface area contributed by atoms with Crippen molar-refractivity contribution in [3.63, 3.8) is 0 Å². The second-order valence-corrected chi connectivity index (χ2v) is 3.95. The second kappa shape index (κ2) is 6.59. The van der Waals surface area contributed by atoms with E-state index in [2.05, 4.69) is 22.5 Å². The molecule has 3 nitrogen and oxygen atoms in total. The molecule has 3 heteroatoms. The number of rotatable bonds is 4. The van der Waals surface area contributed by atoms with Gasteiger partial charge in [-0.2, -0.15) is 0 Å². The van der Waals surface area contributed by atoms with E-state index in [-0.39, 0.29) is 5.91 Å². The number of carbonyl (C=O) groups excluding carboxylic acids is 1. The average Bonchev–Trinajstić information content (AvgIpc) is 2.29. The van der Waals surface area contributed by atoms with Crippen LogP contribution in [0.3, 0.4) is 0 Å². The number of para-hydroxylation sites is 1. The van der Waals surface area contributed by atoms with E-state index in [0.29, 0.717) is 18.2 Å². The molecule has 17 heavy (non-hydrogen) atoms. The first-order valence-corrected chi connectivity index (χ1v) is 5.68. The predicted molar refractivity (Wildman–Crippen MR) is 71.0 cm³/mol. The van der Waals surface area contributed by atoms with Gasteiger partial charge < -0.3 is 10.6 Å². The van der Waals surface area contributed by atoms with Crippen LogP contribution in [0.15, 0.2) is 24.3 Å². The van der Waals surface area contributed by atoms with Gasteiger partial charge >= 0.3 is 0 Å². The van der Waals surface area contributed by atoms with Crippen LogP contribution in [-0.4, -0.2) is 18.5 Å². The molecule has 1 aromatic carbocycles. The largest absolute Gasteiger partial charge is 0.382 e. The summed E-state index contributed by atoms with van der Waals surface area (Å²) in [6.45, 7) is 6.21. The molecule has 90 valence electrons. The Bertz CT molecular complexity index is 441. The van der Waals surface area contributed by atoms with E-state index >= 15 is 0 Å².